The van der Waals surface area contributed by atoms with Crippen molar-refractivity contribution < 1.29 is 5.21 Å². The van der Waals surface area contributed by atoms with Gasteiger partial charge in [0.25, 0.3) is 0 Å². The summed E-state index contributed by atoms with van der Waals surface area (Å²) in [5.74, 6) is 0. The topological polar surface area (TPSA) is 32.6 Å². The summed E-state index contributed by atoms with van der Waals surface area (Å²) in [7, 11) is 0. The second-order valence-electron chi connectivity index (χ2n) is 2.35. The maximum Gasteiger partial charge on any atom is 0.0736 e. The van der Waals surface area contributed by atoms with Gasteiger partial charge in [-0.15, -0.1) is 0 Å². The lowest BCUT2D eigenvalue weighted by atomic mass is 10.1. The van der Waals surface area contributed by atoms with Crippen molar-refractivity contribution in [2.24, 2.45) is 5.16 Å². The van der Waals surface area contributed by atoms with Crippen molar-refractivity contribution in [3.63, 3.8) is 0 Å². The fraction of sp³-hybridized carbons (Fsp3) is 0.100. The smallest absolute Gasteiger partial charge is 0.0736 e. The zero-order valence-corrected chi connectivity index (χ0v) is 6.94. The van der Waals surface area contributed by atoms with Crippen LogP contribution in [-0.2, 0) is 0 Å². The lowest BCUT2D eigenvalue weighted by Crippen LogP contribution is -1.84. The van der Waals surface area contributed by atoms with Gasteiger partial charge in [-0.05, 0) is 18.1 Å². The lowest BCUT2D eigenvalue weighted by molar-refractivity contribution is 0.322. The van der Waals surface area contributed by atoms with Gasteiger partial charge >= 0.3 is 0 Å². The quantitative estimate of drug-likeness (QED) is 0.403. The van der Waals surface area contributed by atoms with E-state index in [1.54, 1.807) is 0 Å². The average Bonchev–Trinajstić information content (AvgIpc) is 2.15. The van der Waals surface area contributed by atoms with Gasteiger partial charge in [0.15, 0.2) is 0 Å². The predicted octanol–water partition coefficient (Wildman–Crippen LogP) is 2.55. The lowest BCUT2D eigenvalue weighted by Gasteiger charge is -1.98. The van der Waals surface area contributed by atoms with Gasteiger partial charge in [-0.25, -0.2) is 0 Å². The van der Waals surface area contributed by atoms with Gasteiger partial charge in [0, 0.05) is 0 Å². The van der Waals surface area contributed by atoms with E-state index in [0.717, 1.165) is 11.1 Å². The first-order valence-electron chi connectivity index (χ1n) is 3.77. The van der Waals surface area contributed by atoms with E-state index in [1.807, 2.05) is 43.3 Å². The maximum absolute atomic E-state index is 8.36. The largest absolute Gasteiger partial charge is 0.411 e. The summed E-state index contributed by atoms with van der Waals surface area (Å²) in [6.07, 6.45) is 3.32. The van der Waals surface area contributed by atoms with E-state index >= 15 is 0 Å². The molecule has 0 fully saturated rings. The van der Waals surface area contributed by atoms with Crippen LogP contribution < -0.4 is 0 Å². The van der Waals surface area contributed by atoms with Crippen LogP contribution in [0.2, 0.25) is 0 Å². The molecule has 62 valence electrons. The number of hydrogen-bond donors (Lipinski definition) is 1. The standard InChI is InChI=1S/C10H11NO/c1-2-9(8-11-12)10-6-4-3-5-7-10/h2-8,12H,1H3/b9-2+,11-8+. The Morgan fingerprint density at radius 1 is 1.33 bits per heavy atom. The summed E-state index contributed by atoms with van der Waals surface area (Å²) < 4.78 is 0. The number of rotatable bonds is 2. The molecule has 0 bridgehead atoms. The molecule has 0 saturated carbocycles. The summed E-state index contributed by atoms with van der Waals surface area (Å²) in [5.41, 5.74) is 1.97. The van der Waals surface area contributed by atoms with Gasteiger partial charge in [-0.2, -0.15) is 0 Å². The Balaban J connectivity index is 2.97. The molecule has 0 aliphatic carbocycles. The molecule has 0 saturated heterocycles. The van der Waals surface area contributed by atoms with Crippen LogP contribution in [0.25, 0.3) is 5.57 Å². The molecule has 1 aromatic rings. The summed E-state index contributed by atoms with van der Waals surface area (Å²) in [4.78, 5) is 0. The van der Waals surface area contributed by atoms with Crippen molar-refractivity contribution in [1.29, 1.82) is 0 Å². The van der Waals surface area contributed by atoms with Crippen LogP contribution in [0.4, 0.5) is 0 Å². The summed E-state index contributed by atoms with van der Waals surface area (Å²) in [5, 5.41) is 11.3. The molecular weight excluding hydrogens is 150 g/mol. The van der Waals surface area contributed by atoms with Crippen LogP contribution in [-0.4, -0.2) is 11.4 Å². The third-order valence-corrected chi connectivity index (χ3v) is 1.61. The molecule has 0 atom stereocenters. The van der Waals surface area contributed by atoms with Crippen molar-refractivity contribution in [1.82, 2.24) is 0 Å². The fourth-order valence-electron chi connectivity index (χ4n) is 1.01. The monoisotopic (exact) mass is 161 g/mol. The van der Waals surface area contributed by atoms with Gasteiger partial charge in [0.2, 0.25) is 0 Å². The average molecular weight is 161 g/mol. The van der Waals surface area contributed by atoms with E-state index in [2.05, 4.69) is 5.16 Å². The van der Waals surface area contributed by atoms with Crippen LogP contribution in [0.5, 0.6) is 0 Å². The molecule has 0 aliphatic rings. The molecule has 0 spiro atoms. The Kier molecular flexibility index (Phi) is 3.08. The third-order valence-electron chi connectivity index (χ3n) is 1.61. The van der Waals surface area contributed by atoms with E-state index in [9.17, 15) is 0 Å². The minimum absolute atomic E-state index is 0.915. The highest BCUT2D eigenvalue weighted by Crippen LogP contribution is 2.10. The zero-order chi connectivity index (χ0) is 8.81. The predicted molar refractivity (Wildman–Crippen MR) is 50.4 cm³/mol. The van der Waals surface area contributed by atoms with E-state index in [-0.39, 0.29) is 0 Å². The van der Waals surface area contributed by atoms with Crippen LogP contribution in [0.1, 0.15) is 12.5 Å². The maximum atomic E-state index is 8.36. The van der Waals surface area contributed by atoms with Crippen molar-refractivity contribution in [3.05, 3.63) is 42.0 Å². The molecule has 0 radical (unpaired) electrons. The minimum atomic E-state index is 0.915. The highest BCUT2D eigenvalue weighted by atomic mass is 16.4. The highest BCUT2D eigenvalue weighted by molar-refractivity contribution is 6.09. The SMILES string of the molecule is C/C=C(\C=N\O)c1ccccc1. The molecule has 2 heteroatoms. The van der Waals surface area contributed by atoms with Crippen molar-refractivity contribution in [3.8, 4) is 0 Å². The van der Waals surface area contributed by atoms with E-state index < -0.39 is 0 Å². The molecule has 0 unspecified atom stereocenters. The van der Waals surface area contributed by atoms with E-state index in [0.29, 0.717) is 0 Å². The number of nitrogens with zero attached hydrogens (tertiary/aromatic N) is 1. The Bertz CT molecular complexity index is 288. The fourth-order valence-corrected chi connectivity index (χ4v) is 1.01. The molecule has 0 aromatic heterocycles. The van der Waals surface area contributed by atoms with Gasteiger partial charge in [-0.1, -0.05) is 41.6 Å². The van der Waals surface area contributed by atoms with Gasteiger partial charge < -0.3 is 5.21 Å². The Morgan fingerprint density at radius 2 is 2.00 bits per heavy atom. The molecule has 1 N–H and O–H groups in total. The van der Waals surface area contributed by atoms with Crippen molar-refractivity contribution in [2.45, 2.75) is 6.92 Å². The van der Waals surface area contributed by atoms with Gasteiger partial charge in [0.1, 0.15) is 0 Å². The van der Waals surface area contributed by atoms with E-state index in [1.165, 1.54) is 6.21 Å². The molecule has 1 aromatic carbocycles. The first-order valence-corrected chi connectivity index (χ1v) is 3.77. The summed E-state index contributed by atoms with van der Waals surface area (Å²) >= 11 is 0. The number of hydrogen-bond acceptors (Lipinski definition) is 2. The molecule has 2 nitrogen and oxygen atoms in total. The first kappa shape index (κ1) is 8.53. The van der Waals surface area contributed by atoms with Gasteiger partial charge in [-0.3, -0.25) is 0 Å². The second-order valence-corrected chi connectivity index (χ2v) is 2.35. The summed E-state index contributed by atoms with van der Waals surface area (Å²) in [6, 6.07) is 9.79. The summed E-state index contributed by atoms with van der Waals surface area (Å²) in [6.45, 7) is 1.91. The number of allylic oxidation sites excluding steroid dienone is 2. The zero-order valence-electron chi connectivity index (χ0n) is 6.94. The van der Waals surface area contributed by atoms with Crippen LogP contribution >= 0.6 is 0 Å². The second kappa shape index (κ2) is 4.34. The molecular formula is C10H11NO. The molecule has 0 heterocycles. The van der Waals surface area contributed by atoms with Crippen LogP contribution in [0.3, 0.4) is 0 Å². The van der Waals surface area contributed by atoms with Gasteiger partial charge in [0.05, 0.1) is 6.21 Å². The number of oxime groups is 1. The van der Waals surface area contributed by atoms with Crippen molar-refractivity contribution in [2.75, 3.05) is 0 Å². The minimum Gasteiger partial charge on any atom is -0.411 e. The Morgan fingerprint density at radius 3 is 2.50 bits per heavy atom. The van der Waals surface area contributed by atoms with E-state index in [4.69, 9.17) is 5.21 Å². The molecule has 0 aliphatic heterocycles. The highest BCUT2D eigenvalue weighted by Gasteiger charge is 1.94. The van der Waals surface area contributed by atoms with Crippen molar-refractivity contribution >= 4 is 11.8 Å². The Hall–Kier alpha value is -1.57. The Labute approximate surface area is 71.8 Å². The molecule has 12 heavy (non-hydrogen) atoms. The number of benzene rings is 1. The first-order chi connectivity index (χ1) is 5.88. The molecule has 1 rings (SSSR count). The van der Waals surface area contributed by atoms with Crippen LogP contribution in [0.15, 0.2) is 41.6 Å². The van der Waals surface area contributed by atoms with Crippen LogP contribution in [0, 0.1) is 0 Å². The normalized spacial score (nSPS) is 12.2. The third kappa shape index (κ3) is 1.95. The molecule has 0 amide bonds.